The van der Waals surface area contributed by atoms with E-state index in [4.69, 9.17) is 0 Å². The molecule has 0 bridgehead atoms. The third kappa shape index (κ3) is 4.84. The molecule has 0 aliphatic heterocycles. The molecule has 0 N–H and O–H groups in total. The van der Waals surface area contributed by atoms with Gasteiger partial charge in [-0.25, -0.2) is 0 Å². The maximum atomic E-state index is 12.3. The Morgan fingerprint density at radius 3 is 2.26 bits per heavy atom. The predicted molar refractivity (Wildman–Crippen MR) is 101 cm³/mol. The number of ketones is 1. The second-order valence-electron chi connectivity index (χ2n) is 5.39. The Labute approximate surface area is 143 Å². The number of benzene rings is 2. The third-order valence-corrected chi connectivity index (χ3v) is 4.76. The van der Waals surface area contributed by atoms with Crippen molar-refractivity contribution in [1.29, 1.82) is 0 Å². The van der Waals surface area contributed by atoms with Gasteiger partial charge in [-0.05, 0) is 65.6 Å². The third-order valence-electron chi connectivity index (χ3n) is 3.87. The van der Waals surface area contributed by atoms with Crippen LogP contribution >= 0.6 is 11.8 Å². The zero-order valence-corrected chi connectivity index (χ0v) is 15.0. The highest BCUT2D eigenvalue weighted by atomic mass is 32.2. The van der Waals surface area contributed by atoms with Gasteiger partial charge in [0.05, 0.1) is 0 Å². The second kappa shape index (κ2) is 8.73. The number of carbonyl (C=O) groups is 1. The fourth-order valence-corrected chi connectivity index (χ4v) is 3.24. The molecule has 0 fully saturated rings. The summed E-state index contributed by atoms with van der Waals surface area (Å²) in [7, 11) is 0. The molecular formula is C21H24OS. The Kier molecular flexibility index (Phi) is 6.66. The van der Waals surface area contributed by atoms with Crippen LogP contribution in [0.1, 0.15) is 47.8 Å². The first-order chi connectivity index (χ1) is 11.2. The van der Waals surface area contributed by atoms with E-state index >= 15 is 0 Å². The lowest BCUT2D eigenvalue weighted by Crippen LogP contribution is -1.94. The summed E-state index contributed by atoms with van der Waals surface area (Å²) in [5.41, 5.74) is 4.58. The summed E-state index contributed by atoms with van der Waals surface area (Å²) in [5, 5.41) is 0. The smallest absolute Gasteiger partial charge is 0.185 e. The zero-order valence-electron chi connectivity index (χ0n) is 14.1. The molecule has 0 aromatic heterocycles. The van der Waals surface area contributed by atoms with Gasteiger partial charge in [0, 0.05) is 10.5 Å². The Morgan fingerprint density at radius 1 is 0.957 bits per heavy atom. The van der Waals surface area contributed by atoms with Crippen LogP contribution in [0.5, 0.6) is 0 Å². The average Bonchev–Trinajstić information content (AvgIpc) is 2.60. The maximum absolute atomic E-state index is 12.3. The van der Waals surface area contributed by atoms with Crippen LogP contribution < -0.4 is 0 Å². The molecule has 2 rings (SSSR count). The molecule has 0 atom stereocenters. The van der Waals surface area contributed by atoms with Crippen molar-refractivity contribution >= 4 is 23.6 Å². The lowest BCUT2D eigenvalue weighted by Gasteiger charge is -2.06. The molecule has 0 spiro atoms. The molecule has 0 saturated heterocycles. The van der Waals surface area contributed by atoms with E-state index in [0.29, 0.717) is 0 Å². The van der Waals surface area contributed by atoms with Gasteiger partial charge in [-0.3, -0.25) is 4.79 Å². The minimum Gasteiger partial charge on any atom is -0.289 e. The van der Waals surface area contributed by atoms with Gasteiger partial charge >= 0.3 is 0 Å². The van der Waals surface area contributed by atoms with Crippen molar-refractivity contribution < 1.29 is 4.79 Å². The molecule has 0 amide bonds. The van der Waals surface area contributed by atoms with Gasteiger partial charge in [0.25, 0.3) is 0 Å². The van der Waals surface area contributed by atoms with E-state index in [2.05, 4.69) is 39.0 Å². The Hall–Kier alpha value is -1.80. The van der Waals surface area contributed by atoms with Gasteiger partial charge in [-0.2, -0.15) is 0 Å². The van der Waals surface area contributed by atoms with E-state index in [1.807, 2.05) is 30.3 Å². The monoisotopic (exact) mass is 324 g/mol. The number of carbonyl (C=O) groups excluding carboxylic acids is 1. The van der Waals surface area contributed by atoms with E-state index in [-0.39, 0.29) is 5.78 Å². The summed E-state index contributed by atoms with van der Waals surface area (Å²) in [6, 6.07) is 14.3. The molecule has 120 valence electrons. The molecule has 2 aromatic rings. The van der Waals surface area contributed by atoms with E-state index < -0.39 is 0 Å². The Bertz CT molecular complexity index is 683. The highest BCUT2D eigenvalue weighted by Gasteiger charge is 2.03. The molecule has 0 saturated carbocycles. The lowest BCUT2D eigenvalue weighted by molar-refractivity contribution is 0.104. The molecular weight excluding hydrogens is 300 g/mol. The molecule has 2 heteroatoms. The molecule has 1 nitrogen and oxygen atoms in total. The second-order valence-corrected chi connectivity index (χ2v) is 6.73. The van der Waals surface area contributed by atoms with Gasteiger partial charge in [0.2, 0.25) is 0 Å². The van der Waals surface area contributed by atoms with Crippen LogP contribution in [0.2, 0.25) is 0 Å². The molecule has 0 heterocycles. The number of rotatable bonds is 7. The van der Waals surface area contributed by atoms with Crippen LogP contribution in [0.25, 0.3) is 6.08 Å². The summed E-state index contributed by atoms with van der Waals surface area (Å²) in [4.78, 5) is 13.5. The molecule has 0 radical (unpaired) electrons. The minimum atomic E-state index is 0.0515. The van der Waals surface area contributed by atoms with E-state index in [1.54, 1.807) is 17.8 Å². The van der Waals surface area contributed by atoms with Crippen molar-refractivity contribution in [2.45, 2.75) is 38.5 Å². The van der Waals surface area contributed by atoms with Crippen LogP contribution in [0.3, 0.4) is 0 Å². The van der Waals surface area contributed by atoms with Crippen molar-refractivity contribution in [3.8, 4) is 0 Å². The molecule has 0 aliphatic rings. The summed E-state index contributed by atoms with van der Waals surface area (Å²) in [6.45, 7) is 6.47. The number of hydrogen-bond acceptors (Lipinski definition) is 2. The van der Waals surface area contributed by atoms with Gasteiger partial charge in [0.15, 0.2) is 5.78 Å². The number of aryl methyl sites for hydroxylation is 2. The van der Waals surface area contributed by atoms with Crippen molar-refractivity contribution in [2.75, 3.05) is 5.75 Å². The Morgan fingerprint density at radius 2 is 1.65 bits per heavy atom. The van der Waals surface area contributed by atoms with Crippen LogP contribution in [0.15, 0.2) is 53.4 Å². The quantitative estimate of drug-likeness (QED) is 0.363. The summed E-state index contributed by atoms with van der Waals surface area (Å²) in [6.07, 6.45) is 5.65. The fourth-order valence-electron chi connectivity index (χ4n) is 2.57. The van der Waals surface area contributed by atoms with Crippen LogP contribution in [-0.4, -0.2) is 11.5 Å². The van der Waals surface area contributed by atoms with Crippen LogP contribution in [0.4, 0.5) is 0 Å². The average molecular weight is 324 g/mol. The number of allylic oxidation sites excluding steroid dienone is 1. The minimum absolute atomic E-state index is 0.0515. The van der Waals surface area contributed by atoms with Crippen LogP contribution in [0, 0.1) is 0 Å². The first-order valence-electron chi connectivity index (χ1n) is 8.25. The predicted octanol–water partition coefficient (Wildman–Crippen LogP) is 5.82. The van der Waals surface area contributed by atoms with E-state index in [9.17, 15) is 4.79 Å². The normalized spacial score (nSPS) is 11.1. The topological polar surface area (TPSA) is 17.1 Å². The van der Waals surface area contributed by atoms with Gasteiger partial charge in [-0.15, -0.1) is 11.8 Å². The highest BCUT2D eigenvalue weighted by molar-refractivity contribution is 7.99. The molecule has 0 unspecified atom stereocenters. The van der Waals surface area contributed by atoms with E-state index in [1.165, 1.54) is 16.0 Å². The highest BCUT2D eigenvalue weighted by Crippen LogP contribution is 2.19. The van der Waals surface area contributed by atoms with Crippen molar-refractivity contribution in [2.24, 2.45) is 0 Å². The van der Waals surface area contributed by atoms with Crippen molar-refractivity contribution in [3.63, 3.8) is 0 Å². The van der Waals surface area contributed by atoms with Crippen molar-refractivity contribution in [1.82, 2.24) is 0 Å². The van der Waals surface area contributed by atoms with Gasteiger partial charge in [0.1, 0.15) is 0 Å². The fraction of sp³-hybridized carbons (Fsp3) is 0.286. The summed E-state index contributed by atoms with van der Waals surface area (Å²) >= 11 is 1.78. The molecule has 23 heavy (non-hydrogen) atoms. The summed E-state index contributed by atoms with van der Waals surface area (Å²) < 4.78 is 0. The Balaban J connectivity index is 2.11. The standard InChI is InChI=1S/C21H24OS/c1-4-17-9-7-16(15-18(17)5-2)8-14-21(22)19-10-12-20(13-11-19)23-6-3/h7-15H,4-6H2,1-3H3/b14-8+. The van der Waals surface area contributed by atoms with Crippen LogP contribution in [-0.2, 0) is 12.8 Å². The molecule has 2 aromatic carbocycles. The number of thioether (sulfide) groups is 1. The molecule has 0 aliphatic carbocycles. The first-order valence-corrected chi connectivity index (χ1v) is 9.23. The van der Waals surface area contributed by atoms with E-state index in [0.717, 1.165) is 29.7 Å². The van der Waals surface area contributed by atoms with Crippen molar-refractivity contribution in [3.05, 3.63) is 70.8 Å². The SMILES string of the molecule is CCSc1ccc(C(=O)/C=C/c2ccc(CC)c(CC)c2)cc1. The lowest BCUT2D eigenvalue weighted by atomic mass is 9.99. The number of hydrogen-bond donors (Lipinski definition) is 0. The first kappa shape index (κ1) is 17.6. The largest absolute Gasteiger partial charge is 0.289 e. The maximum Gasteiger partial charge on any atom is 0.185 e. The van der Waals surface area contributed by atoms with Gasteiger partial charge < -0.3 is 0 Å². The zero-order chi connectivity index (χ0) is 16.7. The van der Waals surface area contributed by atoms with Gasteiger partial charge in [-0.1, -0.05) is 45.0 Å². The summed E-state index contributed by atoms with van der Waals surface area (Å²) in [5.74, 6) is 1.09.